The molecule has 0 heterocycles. The van der Waals surface area contributed by atoms with Gasteiger partial charge in [0.2, 0.25) is 0 Å². The van der Waals surface area contributed by atoms with E-state index in [4.69, 9.17) is 69.6 Å². The highest BCUT2D eigenvalue weighted by Crippen LogP contribution is 2.05. The second-order valence-corrected chi connectivity index (χ2v) is 3.53. The topological polar surface area (TPSA) is 0 Å². The van der Waals surface area contributed by atoms with E-state index in [1.165, 1.54) is 5.54 Å². The molecule has 0 fully saturated rings. The number of hydrogen-bond donors (Lipinski definition) is 0. The third kappa shape index (κ3) is 124. The van der Waals surface area contributed by atoms with Gasteiger partial charge in [-0.05, 0) is 5.54 Å². The van der Waals surface area contributed by atoms with Crippen molar-refractivity contribution in [2.24, 2.45) is 0 Å². The molecule has 12 heavy (non-hydrogen) atoms. The minimum atomic E-state index is 0.0895. The Hall–Kier alpha value is 0.960. The Labute approximate surface area is 102 Å². The molecule has 0 nitrogen and oxygen atoms in total. The summed E-state index contributed by atoms with van der Waals surface area (Å²) in [5, 5.41) is 0. The predicted molar refractivity (Wildman–Crippen MR) is 62.5 cm³/mol. The van der Waals surface area contributed by atoms with Crippen LogP contribution in [0.1, 0.15) is 0 Å². The van der Waals surface area contributed by atoms with E-state index in [1.807, 2.05) is 0 Å². The van der Waals surface area contributed by atoms with Gasteiger partial charge >= 0.3 is 0 Å². The molecule has 0 aromatic carbocycles. The van der Waals surface area contributed by atoms with Gasteiger partial charge in [0, 0.05) is 5.54 Å². The predicted octanol–water partition coefficient (Wildman–Crippen LogP) is 5.81. The molecule has 0 aliphatic heterocycles. The van der Waals surface area contributed by atoms with Crippen LogP contribution in [0.2, 0.25) is 0 Å². The first-order valence-corrected chi connectivity index (χ1v) is 4.63. The van der Waals surface area contributed by atoms with Gasteiger partial charge in [-0.1, -0.05) is 82.8 Å². The summed E-state index contributed by atoms with van der Waals surface area (Å²) in [6, 6.07) is 0. The molecule has 72 valence electrons. The maximum atomic E-state index is 4.96. The third-order valence-electron chi connectivity index (χ3n) is 0.0825. The van der Waals surface area contributed by atoms with Crippen molar-refractivity contribution in [3.8, 4) is 0 Å². The number of rotatable bonds is 0. The molecule has 0 unspecified atom stereocenters. The molecule has 0 amide bonds. The van der Waals surface area contributed by atoms with Crippen LogP contribution in [0.3, 0.4) is 0 Å². The van der Waals surface area contributed by atoms with Crippen LogP contribution in [0.5, 0.6) is 0 Å². The van der Waals surface area contributed by atoms with Crippen LogP contribution in [-0.2, 0) is 0 Å². The first-order valence-electron chi connectivity index (χ1n) is 2.24. The van der Waals surface area contributed by atoms with Crippen molar-refractivity contribution in [1.29, 1.82) is 0 Å². The van der Waals surface area contributed by atoms with E-state index in [0.29, 0.717) is 0 Å². The molecule has 0 aliphatic rings. The quantitative estimate of drug-likeness (QED) is 0.528. The first-order chi connectivity index (χ1) is 5.42. The van der Waals surface area contributed by atoms with Crippen molar-refractivity contribution in [1.82, 2.24) is 0 Å². The molecule has 0 atom stereocenters. The van der Waals surface area contributed by atoms with Crippen LogP contribution in [0.25, 0.3) is 0 Å². The fraction of sp³-hybridized carbons (Fsp3) is 0. The zero-order valence-electron chi connectivity index (χ0n) is 5.84. The van der Waals surface area contributed by atoms with Gasteiger partial charge in [-0.2, -0.15) is 0 Å². The average molecular weight is 291 g/mol. The fourth-order valence-electron chi connectivity index (χ4n) is 0. The van der Waals surface area contributed by atoms with Crippen molar-refractivity contribution in [2.75, 3.05) is 0 Å². The SMILES string of the molecule is C=C(Cl)Cl.C=CCl.ClC=C(Cl)Cl. The largest absolute Gasteiger partial charge is 0.118 e. The summed E-state index contributed by atoms with van der Waals surface area (Å²) in [6.45, 7) is 6.21. The molecule has 0 aliphatic carbocycles. The summed E-state index contributed by atoms with van der Waals surface area (Å²) >= 11 is 29.3. The Balaban J connectivity index is -0.000000105. The lowest BCUT2D eigenvalue weighted by molar-refractivity contribution is 2.36. The van der Waals surface area contributed by atoms with Gasteiger partial charge in [-0.15, -0.1) is 0 Å². The lowest BCUT2D eigenvalue weighted by atomic mass is 11.2. The van der Waals surface area contributed by atoms with Gasteiger partial charge in [0.25, 0.3) is 0 Å². The van der Waals surface area contributed by atoms with Gasteiger partial charge in [-0.3, -0.25) is 0 Å². The summed E-state index contributed by atoms with van der Waals surface area (Å²) in [5.41, 5.74) is 2.31. The Kier molecular flexibility index (Phi) is 27.9. The van der Waals surface area contributed by atoms with Gasteiger partial charge in [0.05, 0.1) is 4.49 Å². The molecular formula is C6H6Cl6. The second-order valence-electron chi connectivity index (χ2n) is 0.892. The Morgan fingerprint density at radius 1 is 1.00 bits per heavy atom. The van der Waals surface area contributed by atoms with Gasteiger partial charge < -0.3 is 0 Å². The normalized spacial score (nSPS) is 6.17. The zero-order valence-corrected chi connectivity index (χ0v) is 10.4. The molecule has 0 saturated heterocycles. The summed E-state index contributed by atoms with van der Waals surface area (Å²) in [7, 11) is 0. The number of halogens is 6. The third-order valence-corrected chi connectivity index (χ3v) is 0.742. The lowest BCUT2D eigenvalue weighted by Gasteiger charge is -1.64. The van der Waals surface area contributed by atoms with E-state index in [1.54, 1.807) is 0 Å². The van der Waals surface area contributed by atoms with E-state index in [-0.39, 0.29) is 8.98 Å². The highest BCUT2D eigenvalue weighted by atomic mass is 35.5. The van der Waals surface area contributed by atoms with Crippen LogP contribution < -0.4 is 0 Å². The maximum absolute atomic E-state index is 4.96. The highest BCUT2D eigenvalue weighted by Gasteiger charge is 1.70. The fourth-order valence-corrected chi connectivity index (χ4v) is 0. The van der Waals surface area contributed by atoms with Crippen LogP contribution in [0, 0.1) is 0 Å². The van der Waals surface area contributed by atoms with Crippen molar-refractivity contribution >= 4 is 69.6 Å². The van der Waals surface area contributed by atoms with Gasteiger partial charge in [0.15, 0.2) is 0 Å². The van der Waals surface area contributed by atoms with E-state index in [0.717, 1.165) is 5.54 Å². The zero-order chi connectivity index (χ0) is 10.6. The van der Waals surface area contributed by atoms with E-state index in [9.17, 15) is 0 Å². The highest BCUT2D eigenvalue weighted by molar-refractivity contribution is 6.58. The van der Waals surface area contributed by atoms with E-state index < -0.39 is 0 Å². The molecule has 0 aromatic heterocycles. The first kappa shape index (κ1) is 18.7. The molecule has 0 aromatic rings. The van der Waals surface area contributed by atoms with Crippen LogP contribution in [0.15, 0.2) is 33.2 Å². The molecule has 6 heteroatoms. The Morgan fingerprint density at radius 3 is 1.08 bits per heavy atom. The molecule has 0 rings (SSSR count). The van der Waals surface area contributed by atoms with E-state index >= 15 is 0 Å². The van der Waals surface area contributed by atoms with Crippen molar-refractivity contribution in [2.45, 2.75) is 0 Å². The summed E-state index contributed by atoms with van der Waals surface area (Å²) in [5.74, 6) is 0. The molecule has 0 bridgehead atoms. The molecule has 0 saturated carbocycles. The van der Waals surface area contributed by atoms with Crippen LogP contribution >= 0.6 is 69.6 Å². The van der Waals surface area contributed by atoms with E-state index in [2.05, 4.69) is 13.2 Å². The average Bonchev–Trinajstić information content (AvgIpc) is 1.88. The standard InChI is InChI=1S/C2HCl3.C2H2Cl2.C2H3Cl/c3-1-2(4)5;1-2(3)4;1-2-3/h1H;1H2;2H,1H2. The summed E-state index contributed by atoms with van der Waals surface area (Å²) in [6.07, 6.45) is 0. The minimum absolute atomic E-state index is 0.0895. The smallest absolute Gasteiger partial charge is 0.0936 e. The summed E-state index contributed by atoms with van der Waals surface area (Å²) < 4.78 is 0.201. The maximum Gasteiger partial charge on any atom is 0.118 e. The van der Waals surface area contributed by atoms with Crippen molar-refractivity contribution in [3.05, 3.63) is 33.2 Å². The monoisotopic (exact) mass is 288 g/mol. The summed E-state index contributed by atoms with van der Waals surface area (Å²) in [4.78, 5) is 0. The number of hydrogen-bond acceptors (Lipinski definition) is 0. The minimum Gasteiger partial charge on any atom is -0.0936 e. The second kappa shape index (κ2) is 17.9. The molecule has 0 spiro atoms. The molecule has 0 N–H and O–H groups in total. The Morgan fingerprint density at radius 2 is 1.08 bits per heavy atom. The lowest BCUT2D eigenvalue weighted by Crippen LogP contribution is -1.33. The van der Waals surface area contributed by atoms with Crippen LogP contribution in [0.4, 0.5) is 0 Å². The van der Waals surface area contributed by atoms with Crippen LogP contribution in [-0.4, -0.2) is 0 Å². The van der Waals surface area contributed by atoms with Gasteiger partial charge in [0.1, 0.15) is 4.49 Å². The molecular weight excluding hydrogens is 285 g/mol. The van der Waals surface area contributed by atoms with Crippen molar-refractivity contribution < 1.29 is 0 Å². The molecule has 0 radical (unpaired) electrons. The van der Waals surface area contributed by atoms with Crippen molar-refractivity contribution in [3.63, 3.8) is 0 Å². The van der Waals surface area contributed by atoms with Gasteiger partial charge in [-0.25, -0.2) is 0 Å². The Bertz CT molecular complexity index is 131.